The Balaban J connectivity index is 2.36. The summed E-state index contributed by atoms with van der Waals surface area (Å²) in [5, 5.41) is 0. The molecule has 4 heteroatoms. The van der Waals surface area contributed by atoms with Crippen molar-refractivity contribution < 1.29 is 8.42 Å². The monoisotopic (exact) mass is 287 g/mol. The van der Waals surface area contributed by atoms with Crippen LogP contribution >= 0.6 is 0 Å². The van der Waals surface area contributed by atoms with Gasteiger partial charge in [0, 0.05) is 0 Å². The summed E-state index contributed by atoms with van der Waals surface area (Å²) >= 11 is 0. The number of hydrogen-bond acceptors (Lipinski definition) is 2. The van der Waals surface area contributed by atoms with E-state index in [1.54, 1.807) is 36.4 Å². The molecule has 0 radical (unpaired) electrons. The zero-order valence-corrected chi connectivity index (χ0v) is 12.2. The highest BCUT2D eigenvalue weighted by Gasteiger charge is 2.15. The molecule has 104 valence electrons. The van der Waals surface area contributed by atoms with Crippen molar-refractivity contribution in [2.45, 2.75) is 18.2 Å². The Morgan fingerprint density at radius 3 is 2.60 bits per heavy atom. The topological polar surface area (TPSA) is 46.2 Å². The van der Waals surface area contributed by atoms with Gasteiger partial charge in [0.2, 0.25) is 0 Å². The van der Waals surface area contributed by atoms with Crippen molar-refractivity contribution in [3.8, 4) is 0 Å². The molecule has 0 amide bonds. The number of anilines is 1. The molecule has 0 saturated carbocycles. The van der Waals surface area contributed by atoms with E-state index in [1.165, 1.54) is 0 Å². The smallest absolute Gasteiger partial charge is 0.261 e. The lowest BCUT2D eigenvalue weighted by Crippen LogP contribution is -2.14. The fraction of sp³-hybridized carbons (Fsp3) is 0.125. The van der Waals surface area contributed by atoms with E-state index in [9.17, 15) is 8.42 Å². The highest BCUT2D eigenvalue weighted by atomic mass is 32.2. The number of hydrogen-bond donors (Lipinski definition) is 1. The van der Waals surface area contributed by atoms with Crippen molar-refractivity contribution in [3.63, 3.8) is 0 Å². The van der Waals surface area contributed by atoms with Crippen LogP contribution in [0.2, 0.25) is 0 Å². The van der Waals surface area contributed by atoms with E-state index in [-0.39, 0.29) is 4.90 Å². The molecule has 0 bridgehead atoms. The Kier molecular flexibility index (Phi) is 4.25. The Hall–Kier alpha value is -2.07. The number of para-hydroxylation sites is 1. The second-order valence-corrected chi connectivity index (χ2v) is 6.25. The third-order valence-electron chi connectivity index (χ3n) is 2.93. The third-order valence-corrected chi connectivity index (χ3v) is 4.29. The highest BCUT2D eigenvalue weighted by molar-refractivity contribution is 7.92. The van der Waals surface area contributed by atoms with Gasteiger partial charge in [-0.1, -0.05) is 36.4 Å². The maximum Gasteiger partial charge on any atom is 0.261 e. The maximum absolute atomic E-state index is 12.4. The summed E-state index contributed by atoms with van der Waals surface area (Å²) in [5.41, 5.74) is 2.40. The molecular formula is C16H17NO2S. The van der Waals surface area contributed by atoms with Gasteiger partial charge in [-0.3, -0.25) is 4.72 Å². The minimum absolute atomic E-state index is 0.269. The molecule has 20 heavy (non-hydrogen) atoms. The van der Waals surface area contributed by atoms with Crippen molar-refractivity contribution in [2.75, 3.05) is 4.72 Å². The Morgan fingerprint density at radius 1 is 1.15 bits per heavy atom. The highest BCUT2D eigenvalue weighted by Crippen LogP contribution is 2.21. The van der Waals surface area contributed by atoms with Crippen LogP contribution in [0.3, 0.4) is 0 Å². The van der Waals surface area contributed by atoms with Gasteiger partial charge in [0.1, 0.15) is 0 Å². The van der Waals surface area contributed by atoms with E-state index >= 15 is 0 Å². The SMILES string of the molecule is C=CCc1ccccc1NS(=O)(=O)c1cccc(C)c1. The van der Waals surface area contributed by atoms with Gasteiger partial charge < -0.3 is 0 Å². The molecule has 0 fully saturated rings. The molecule has 0 aromatic heterocycles. The second-order valence-electron chi connectivity index (χ2n) is 4.57. The molecule has 0 aliphatic heterocycles. The van der Waals surface area contributed by atoms with Crippen LogP contribution in [0.25, 0.3) is 0 Å². The van der Waals surface area contributed by atoms with Crippen molar-refractivity contribution in [2.24, 2.45) is 0 Å². The lowest BCUT2D eigenvalue weighted by Gasteiger charge is -2.12. The standard InChI is InChI=1S/C16H17NO2S/c1-3-7-14-9-4-5-11-16(14)17-20(18,19)15-10-6-8-13(2)12-15/h3-6,8-12,17H,1,7H2,2H3. The third kappa shape index (κ3) is 3.27. The number of benzene rings is 2. The Morgan fingerprint density at radius 2 is 1.90 bits per heavy atom. The van der Waals surface area contributed by atoms with Gasteiger partial charge >= 0.3 is 0 Å². The van der Waals surface area contributed by atoms with Gasteiger partial charge in [0.25, 0.3) is 10.0 Å². The lowest BCUT2D eigenvalue weighted by molar-refractivity contribution is 0.601. The van der Waals surface area contributed by atoms with Crippen LogP contribution in [0.15, 0.2) is 66.1 Å². The number of allylic oxidation sites excluding steroid dienone is 1. The average Bonchev–Trinajstić information content (AvgIpc) is 2.41. The Bertz CT molecular complexity index is 721. The normalized spacial score (nSPS) is 11.1. The zero-order valence-electron chi connectivity index (χ0n) is 11.3. The average molecular weight is 287 g/mol. The molecule has 0 spiro atoms. The molecular weight excluding hydrogens is 270 g/mol. The predicted molar refractivity (Wildman–Crippen MR) is 82.3 cm³/mol. The van der Waals surface area contributed by atoms with Crippen LogP contribution in [0.5, 0.6) is 0 Å². The largest absolute Gasteiger partial charge is 0.279 e. The summed E-state index contributed by atoms with van der Waals surface area (Å²) in [6.07, 6.45) is 2.37. The van der Waals surface area contributed by atoms with E-state index in [2.05, 4.69) is 11.3 Å². The van der Waals surface area contributed by atoms with Crippen molar-refractivity contribution >= 4 is 15.7 Å². The van der Waals surface area contributed by atoms with Crippen molar-refractivity contribution in [1.82, 2.24) is 0 Å². The maximum atomic E-state index is 12.4. The Labute approximate surface area is 120 Å². The first kappa shape index (κ1) is 14.3. The molecule has 0 heterocycles. The zero-order chi connectivity index (χ0) is 14.6. The molecule has 0 atom stereocenters. The molecule has 0 saturated heterocycles. The first-order valence-electron chi connectivity index (χ1n) is 6.31. The van der Waals surface area contributed by atoms with Crippen molar-refractivity contribution in [1.29, 1.82) is 0 Å². The summed E-state index contributed by atoms with van der Waals surface area (Å²) in [5.74, 6) is 0. The number of sulfonamides is 1. The van der Waals surface area contributed by atoms with Gasteiger partial charge in [-0.2, -0.15) is 0 Å². The van der Waals surface area contributed by atoms with Gasteiger partial charge in [-0.25, -0.2) is 8.42 Å². The molecule has 0 aliphatic rings. The predicted octanol–water partition coefficient (Wildman–Crippen LogP) is 3.52. The molecule has 1 N–H and O–H groups in total. The fourth-order valence-corrected chi connectivity index (χ4v) is 3.14. The molecule has 0 unspecified atom stereocenters. The van der Waals surface area contributed by atoms with Crippen LogP contribution in [0.1, 0.15) is 11.1 Å². The van der Waals surface area contributed by atoms with E-state index in [0.29, 0.717) is 12.1 Å². The van der Waals surface area contributed by atoms with Gasteiger partial charge in [0.05, 0.1) is 10.6 Å². The van der Waals surface area contributed by atoms with Gasteiger partial charge in [-0.15, -0.1) is 6.58 Å². The fourth-order valence-electron chi connectivity index (χ4n) is 1.94. The van der Waals surface area contributed by atoms with Crippen LogP contribution < -0.4 is 4.72 Å². The number of aryl methyl sites for hydroxylation is 1. The second kappa shape index (κ2) is 5.92. The minimum Gasteiger partial charge on any atom is -0.279 e. The van der Waals surface area contributed by atoms with E-state index < -0.39 is 10.0 Å². The first-order valence-corrected chi connectivity index (χ1v) is 7.79. The molecule has 0 aliphatic carbocycles. The summed E-state index contributed by atoms with van der Waals surface area (Å²) in [6, 6.07) is 14.2. The summed E-state index contributed by atoms with van der Waals surface area (Å²) in [4.78, 5) is 0.269. The van der Waals surface area contributed by atoms with E-state index in [4.69, 9.17) is 0 Å². The summed E-state index contributed by atoms with van der Waals surface area (Å²) in [6.45, 7) is 5.55. The number of rotatable bonds is 5. The summed E-state index contributed by atoms with van der Waals surface area (Å²) in [7, 11) is -3.56. The van der Waals surface area contributed by atoms with Crippen LogP contribution in [0.4, 0.5) is 5.69 Å². The minimum atomic E-state index is -3.56. The van der Waals surface area contributed by atoms with E-state index in [0.717, 1.165) is 11.1 Å². The van der Waals surface area contributed by atoms with Crippen molar-refractivity contribution in [3.05, 3.63) is 72.3 Å². The van der Waals surface area contributed by atoms with Gasteiger partial charge in [-0.05, 0) is 42.7 Å². The molecule has 2 rings (SSSR count). The van der Waals surface area contributed by atoms with E-state index in [1.807, 2.05) is 25.1 Å². The van der Waals surface area contributed by atoms with Crippen LogP contribution in [-0.4, -0.2) is 8.42 Å². The first-order chi connectivity index (χ1) is 9.53. The molecule has 3 nitrogen and oxygen atoms in total. The number of nitrogens with one attached hydrogen (secondary N) is 1. The van der Waals surface area contributed by atoms with Crippen LogP contribution in [-0.2, 0) is 16.4 Å². The lowest BCUT2D eigenvalue weighted by atomic mass is 10.1. The summed E-state index contributed by atoms with van der Waals surface area (Å²) < 4.78 is 27.4. The molecule has 2 aromatic rings. The van der Waals surface area contributed by atoms with Gasteiger partial charge in [0.15, 0.2) is 0 Å². The van der Waals surface area contributed by atoms with Crippen LogP contribution in [0, 0.1) is 6.92 Å². The quantitative estimate of drug-likeness (QED) is 0.855. The molecule has 2 aromatic carbocycles.